The van der Waals surface area contributed by atoms with Crippen molar-refractivity contribution in [3.05, 3.63) is 51.6 Å². The lowest BCUT2D eigenvalue weighted by molar-refractivity contribution is -0.269. The minimum absolute atomic E-state index is 0.0158. The SMILES string of the molecule is COc1cccc2c1C(=O)c1c(O)c3c(c(O)c1C2=O)CC(O)(C(C)=O)CC3OC1OC(C)C(O)C(N)C1C. The first kappa shape index (κ1) is 27.2. The highest BCUT2D eigenvalue weighted by atomic mass is 16.7. The van der Waals surface area contributed by atoms with E-state index in [1.165, 1.54) is 32.2 Å². The van der Waals surface area contributed by atoms with Crippen molar-refractivity contribution in [1.82, 2.24) is 0 Å². The number of hydrogen-bond donors (Lipinski definition) is 5. The van der Waals surface area contributed by atoms with Gasteiger partial charge in [0, 0.05) is 41.5 Å². The average molecular weight is 542 g/mol. The summed E-state index contributed by atoms with van der Waals surface area (Å²) in [6.45, 7) is 4.49. The molecule has 208 valence electrons. The highest BCUT2D eigenvalue weighted by Gasteiger charge is 2.50. The highest BCUT2D eigenvalue weighted by Crippen LogP contribution is 2.52. The normalized spacial score (nSPS) is 31.8. The standard InChI is InChI=1S/C28H31NO10/c1-10-21(29)22(31)11(2)38-27(10)39-16-9-28(36,12(3)30)8-14-18(16)26(35)20-19(24(14)33)23(32)13-6-5-7-15(37-4)17(13)25(20)34/h5-7,10-11,16,21-22,27,31,33,35-36H,8-9,29H2,1-4H3. The number of aliphatic hydroxyl groups is 2. The summed E-state index contributed by atoms with van der Waals surface area (Å²) < 4.78 is 17.3. The summed E-state index contributed by atoms with van der Waals surface area (Å²) >= 11 is 0. The van der Waals surface area contributed by atoms with Crippen LogP contribution < -0.4 is 10.5 Å². The molecule has 0 spiro atoms. The van der Waals surface area contributed by atoms with E-state index in [0.717, 1.165) is 0 Å². The number of methoxy groups -OCH3 is 1. The van der Waals surface area contributed by atoms with E-state index in [4.69, 9.17) is 19.9 Å². The first-order valence-electron chi connectivity index (χ1n) is 12.7. The molecule has 0 amide bonds. The number of Topliss-reactive ketones (excluding diaryl/α,β-unsaturated/α-hetero) is 1. The van der Waals surface area contributed by atoms with E-state index >= 15 is 0 Å². The maximum Gasteiger partial charge on any atom is 0.202 e. The number of carbonyl (C=O) groups excluding carboxylic acids is 3. The average Bonchev–Trinajstić information content (AvgIpc) is 2.90. The zero-order valence-corrected chi connectivity index (χ0v) is 21.9. The summed E-state index contributed by atoms with van der Waals surface area (Å²) in [7, 11) is 1.34. The fraction of sp³-hybridized carbons (Fsp3) is 0.464. The zero-order chi connectivity index (χ0) is 28.5. The molecule has 11 heteroatoms. The third-order valence-corrected chi connectivity index (χ3v) is 8.29. The number of phenolic OH excluding ortho intramolecular Hbond substituents is 2. The molecule has 3 aliphatic rings. The third kappa shape index (κ3) is 3.95. The number of hydrogen-bond acceptors (Lipinski definition) is 11. The Morgan fingerprint density at radius 3 is 2.41 bits per heavy atom. The second-order valence-corrected chi connectivity index (χ2v) is 10.6. The Kier molecular flexibility index (Phi) is 6.55. The van der Waals surface area contributed by atoms with E-state index in [1.54, 1.807) is 13.8 Å². The lowest BCUT2D eigenvalue weighted by atomic mass is 9.72. The van der Waals surface area contributed by atoms with Gasteiger partial charge in [0.15, 0.2) is 17.9 Å². The molecular weight excluding hydrogens is 510 g/mol. The van der Waals surface area contributed by atoms with Gasteiger partial charge < -0.3 is 40.4 Å². The highest BCUT2D eigenvalue weighted by molar-refractivity contribution is 6.31. The van der Waals surface area contributed by atoms with E-state index in [0.29, 0.717) is 0 Å². The summed E-state index contributed by atoms with van der Waals surface area (Å²) in [5.74, 6) is -3.73. The number of aliphatic hydroxyl groups excluding tert-OH is 1. The molecule has 0 bridgehead atoms. The Labute approximate surface area is 224 Å². The Bertz CT molecular complexity index is 1400. The summed E-state index contributed by atoms with van der Waals surface area (Å²) in [4.78, 5) is 39.8. The van der Waals surface area contributed by atoms with Gasteiger partial charge >= 0.3 is 0 Å². The molecule has 7 unspecified atom stereocenters. The van der Waals surface area contributed by atoms with Crippen LogP contribution in [0.1, 0.15) is 76.3 Å². The van der Waals surface area contributed by atoms with Crippen molar-refractivity contribution in [3.63, 3.8) is 0 Å². The second kappa shape index (κ2) is 9.39. The largest absolute Gasteiger partial charge is 0.507 e. The van der Waals surface area contributed by atoms with Gasteiger partial charge in [-0.2, -0.15) is 0 Å². The number of ether oxygens (including phenoxy) is 3. The first-order valence-corrected chi connectivity index (χ1v) is 12.7. The van der Waals surface area contributed by atoms with Crippen LogP contribution in [0, 0.1) is 5.92 Å². The summed E-state index contributed by atoms with van der Waals surface area (Å²) in [5, 5.41) is 44.5. The summed E-state index contributed by atoms with van der Waals surface area (Å²) in [6, 6.07) is 3.72. The minimum Gasteiger partial charge on any atom is -0.507 e. The fourth-order valence-corrected chi connectivity index (χ4v) is 5.84. The van der Waals surface area contributed by atoms with E-state index in [1.807, 2.05) is 0 Å². The molecule has 1 saturated heterocycles. The van der Waals surface area contributed by atoms with Crippen molar-refractivity contribution in [1.29, 1.82) is 0 Å². The predicted molar refractivity (Wildman–Crippen MR) is 135 cm³/mol. The Morgan fingerprint density at radius 2 is 1.77 bits per heavy atom. The maximum atomic E-state index is 13.7. The molecule has 2 aromatic carbocycles. The van der Waals surface area contributed by atoms with Crippen LogP contribution in [0.5, 0.6) is 17.2 Å². The van der Waals surface area contributed by atoms with Crippen LogP contribution in [0.4, 0.5) is 0 Å². The number of aromatic hydroxyl groups is 2. The number of nitrogens with two attached hydrogens (primary N) is 1. The van der Waals surface area contributed by atoms with Crippen LogP contribution in [-0.2, 0) is 20.7 Å². The number of ketones is 3. The number of benzene rings is 2. The van der Waals surface area contributed by atoms with Crippen LogP contribution in [0.15, 0.2) is 18.2 Å². The van der Waals surface area contributed by atoms with Crippen LogP contribution >= 0.6 is 0 Å². The summed E-state index contributed by atoms with van der Waals surface area (Å²) in [5.41, 5.74) is 3.10. The van der Waals surface area contributed by atoms with Gasteiger partial charge in [0.2, 0.25) is 5.78 Å². The summed E-state index contributed by atoms with van der Waals surface area (Å²) in [6.07, 6.45) is -4.70. The molecule has 0 saturated carbocycles. The molecule has 7 atom stereocenters. The van der Waals surface area contributed by atoms with Crippen molar-refractivity contribution in [2.75, 3.05) is 7.11 Å². The molecule has 2 aliphatic carbocycles. The van der Waals surface area contributed by atoms with Crippen molar-refractivity contribution in [2.24, 2.45) is 11.7 Å². The number of fused-ring (bicyclic) bond motifs is 3. The van der Waals surface area contributed by atoms with Gasteiger partial charge in [-0.15, -0.1) is 0 Å². The van der Waals surface area contributed by atoms with Gasteiger partial charge in [0.25, 0.3) is 0 Å². The molecule has 2 aromatic rings. The molecule has 0 radical (unpaired) electrons. The van der Waals surface area contributed by atoms with E-state index in [2.05, 4.69) is 0 Å². The van der Waals surface area contributed by atoms with E-state index < -0.39 is 88.6 Å². The molecule has 0 aromatic heterocycles. The monoisotopic (exact) mass is 541 g/mol. The molecule has 39 heavy (non-hydrogen) atoms. The fourth-order valence-electron chi connectivity index (χ4n) is 5.84. The quantitative estimate of drug-likeness (QED) is 0.300. The number of phenols is 2. The van der Waals surface area contributed by atoms with Crippen LogP contribution in [-0.4, -0.2) is 75.0 Å². The van der Waals surface area contributed by atoms with Gasteiger partial charge in [-0.3, -0.25) is 14.4 Å². The molecule has 1 fully saturated rings. The van der Waals surface area contributed by atoms with Crippen LogP contribution in [0.2, 0.25) is 0 Å². The smallest absolute Gasteiger partial charge is 0.202 e. The number of rotatable bonds is 4. The van der Waals surface area contributed by atoms with Gasteiger partial charge in [0.1, 0.15) is 22.8 Å². The Morgan fingerprint density at radius 1 is 1.10 bits per heavy atom. The van der Waals surface area contributed by atoms with Gasteiger partial charge in [0.05, 0.1) is 42.1 Å². The van der Waals surface area contributed by atoms with Crippen LogP contribution in [0.25, 0.3) is 0 Å². The second-order valence-electron chi connectivity index (χ2n) is 10.6. The van der Waals surface area contributed by atoms with Crippen LogP contribution in [0.3, 0.4) is 0 Å². The first-order chi connectivity index (χ1) is 18.3. The van der Waals surface area contributed by atoms with Gasteiger partial charge in [-0.1, -0.05) is 19.1 Å². The van der Waals surface area contributed by atoms with Crippen molar-refractivity contribution >= 4 is 17.3 Å². The number of carbonyl (C=O) groups is 3. The van der Waals surface area contributed by atoms with E-state index in [-0.39, 0.29) is 34.4 Å². The lowest BCUT2D eigenvalue weighted by Crippen LogP contribution is -2.57. The predicted octanol–water partition coefficient (Wildman–Crippen LogP) is 1.27. The van der Waals surface area contributed by atoms with Crippen molar-refractivity contribution < 1.29 is 49.0 Å². The maximum absolute atomic E-state index is 13.7. The molecule has 6 N–H and O–H groups in total. The van der Waals surface area contributed by atoms with Crippen molar-refractivity contribution in [2.45, 2.75) is 69.9 Å². The molecule has 11 nitrogen and oxygen atoms in total. The molecular formula is C28H31NO10. The molecule has 1 heterocycles. The zero-order valence-electron chi connectivity index (χ0n) is 21.9. The topological polar surface area (TPSA) is 186 Å². The Hall–Kier alpha value is -3.35. The third-order valence-electron chi connectivity index (χ3n) is 8.29. The Balaban J connectivity index is 1.70. The van der Waals surface area contributed by atoms with Crippen molar-refractivity contribution in [3.8, 4) is 17.2 Å². The van der Waals surface area contributed by atoms with Gasteiger partial charge in [-0.05, 0) is 19.9 Å². The lowest BCUT2D eigenvalue weighted by Gasteiger charge is -2.44. The van der Waals surface area contributed by atoms with E-state index in [9.17, 15) is 34.8 Å². The molecule has 1 aliphatic heterocycles. The minimum atomic E-state index is -2.01. The van der Waals surface area contributed by atoms with Gasteiger partial charge in [-0.25, -0.2) is 0 Å². The molecule has 5 rings (SSSR count).